The fraction of sp³-hybridized carbons (Fsp3) is 0.667. The molecule has 1 aliphatic carbocycles. The molecular weight excluding hydrogens is 294 g/mol. The lowest BCUT2D eigenvalue weighted by atomic mass is 9.83. The summed E-state index contributed by atoms with van der Waals surface area (Å²) in [6.45, 7) is 8.84. The standard InChI is InChI=1S/C21H33N3/c1-15-10-13-18-23-20(21(2,3)4)19(24(18)14-15)17(22)12-11-16-8-6-5-7-9-16/h10,13-14,16-17H,5-9,11-12,22H2,1-4H3. The minimum atomic E-state index is 0.0116. The van der Waals surface area contributed by atoms with Crippen molar-refractivity contribution in [3.05, 3.63) is 35.3 Å². The van der Waals surface area contributed by atoms with E-state index in [4.69, 9.17) is 10.7 Å². The summed E-state index contributed by atoms with van der Waals surface area (Å²) in [7, 11) is 0. The lowest BCUT2D eigenvalue weighted by Gasteiger charge is -2.25. The van der Waals surface area contributed by atoms with Gasteiger partial charge in [0.15, 0.2) is 0 Å². The van der Waals surface area contributed by atoms with Crippen molar-refractivity contribution >= 4 is 5.65 Å². The first-order valence-corrected chi connectivity index (χ1v) is 9.61. The normalized spacial score (nSPS) is 18.2. The van der Waals surface area contributed by atoms with Crippen molar-refractivity contribution in [1.29, 1.82) is 0 Å². The molecule has 3 nitrogen and oxygen atoms in total. The van der Waals surface area contributed by atoms with Gasteiger partial charge in [-0.3, -0.25) is 0 Å². The lowest BCUT2D eigenvalue weighted by molar-refractivity contribution is 0.322. The molecule has 1 unspecified atom stereocenters. The molecule has 0 bridgehead atoms. The molecule has 3 heteroatoms. The van der Waals surface area contributed by atoms with Crippen LogP contribution in [0.4, 0.5) is 0 Å². The summed E-state index contributed by atoms with van der Waals surface area (Å²) in [5, 5.41) is 0. The van der Waals surface area contributed by atoms with E-state index in [1.165, 1.54) is 49.8 Å². The molecule has 0 amide bonds. The Morgan fingerprint density at radius 3 is 2.58 bits per heavy atom. The van der Waals surface area contributed by atoms with Crippen LogP contribution in [-0.4, -0.2) is 9.38 Å². The molecule has 0 spiro atoms. The predicted molar refractivity (Wildman–Crippen MR) is 101 cm³/mol. The van der Waals surface area contributed by atoms with Crippen molar-refractivity contribution in [1.82, 2.24) is 9.38 Å². The zero-order valence-electron chi connectivity index (χ0n) is 15.8. The third-order valence-electron chi connectivity index (χ3n) is 5.48. The monoisotopic (exact) mass is 327 g/mol. The predicted octanol–water partition coefficient (Wildman–Crippen LogP) is 5.30. The number of nitrogens with two attached hydrogens (primary N) is 1. The van der Waals surface area contributed by atoms with E-state index in [9.17, 15) is 0 Å². The Morgan fingerprint density at radius 2 is 1.92 bits per heavy atom. The molecule has 2 heterocycles. The van der Waals surface area contributed by atoms with Gasteiger partial charge in [0.2, 0.25) is 0 Å². The number of hydrogen-bond donors (Lipinski definition) is 1. The van der Waals surface area contributed by atoms with Gasteiger partial charge in [0.05, 0.1) is 11.4 Å². The molecule has 2 aromatic heterocycles. The van der Waals surface area contributed by atoms with E-state index < -0.39 is 0 Å². The van der Waals surface area contributed by atoms with Crippen LogP contribution >= 0.6 is 0 Å². The number of imidazole rings is 1. The van der Waals surface area contributed by atoms with Crippen LogP contribution in [0.5, 0.6) is 0 Å². The van der Waals surface area contributed by atoms with Crippen molar-refractivity contribution in [2.24, 2.45) is 11.7 Å². The zero-order chi connectivity index (χ0) is 17.3. The van der Waals surface area contributed by atoms with Gasteiger partial charge < -0.3 is 10.1 Å². The van der Waals surface area contributed by atoms with Gasteiger partial charge in [0.25, 0.3) is 0 Å². The largest absolute Gasteiger partial charge is 0.323 e. The Labute approximate surface area is 146 Å². The van der Waals surface area contributed by atoms with Crippen LogP contribution in [0.15, 0.2) is 18.3 Å². The van der Waals surface area contributed by atoms with Gasteiger partial charge in [0.1, 0.15) is 5.65 Å². The van der Waals surface area contributed by atoms with Gasteiger partial charge in [-0.15, -0.1) is 0 Å². The van der Waals surface area contributed by atoms with E-state index in [0.29, 0.717) is 0 Å². The first-order chi connectivity index (χ1) is 11.4. The van der Waals surface area contributed by atoms with Gasteiger partial charge >= 0.3 is 0 Å². The minimum absolute atomic E-state index is 0.0116. The maximum absolute atomic E-state index is 6.71. The molecule has 0 radical (unpaired) electrons. The Morgan fingerprint density at radius 1 is 1.21 bits per heavy atom. The van der Waals surface area contributed by atoms with Gasteiger partial charge in [-0.1, -0.05) is 58.9 Å². The molecule has 0 aliphatic heterocycles. The first-order valence-electron chi connectivity index (χ1n) is 9.61. The third kappa shape index (κ3) is 3.66. The molecule has 24 heavy (non-hydrogen) atoms. The Kier molecular flexibility index (Phi) is 5.00. The van der Waals surface area contributed by atoms with Crippen LogP contribution in [0.25, 0.3) is 5.65 Å². The molecule has 132 valence electrons. The van der Waals surface area contributed by atoms with Crippen LogP contribution in [0.1, 0.15) is 88.7 Å². The summed E-state index contributed by atoms with van der Waals surface area (Å²) < 4.78 is 2.24. The summed E-state index contributed by atoms with van der Waals surface area (Å²) in [5.74, 6) is 0.879. The summed E-state index contributed by atoms with van der Waals surface area (Å²) in [5.41, 5.74) is 11.4. The highest BCUT2D eigenvalue weighted by Gasteiger charge is 2.27. The van der Waals surface area contributed by atoms with Gasteiger partial charge in [-0.2, -0.15) is 0 Å². The van der Waals surface area contributed by atoms with Crippen LogP contribution in [0, 0.1) is 12.8 Å². The van der Waals surface area contributed by atoms with Gasteiger partial charge in [0, 0.05) is 17.7 Å². The highest BCUT2D eigenvalue weighted by atomic mass is 15.0. The lowest BCUT2D eigenvalue weighted by Crippen LogP contribution is -2.22. The van der Waals surface area contributed by atoms with E-state index in [1.807, 2.05) is 0 Å². The van der Waals surface area contributed by atoms with Gasteiger partial charge in [-0.25, -0.2) is 4.98 Å². The average Bonchev–Trinajstić information content (AvgIpc) is 2.92. The summed E-state index contributed by atoms with van der Waals surface area (Å²) in [6, 6.07) is 4.31. The molecule has 3 rings (SSSR count). The van der Waals surface area contributed by atoms with E-state index in [-0.39, 0.29) is 11.5 Å². The average molecular weight is 328 g/mol. The smallest absolute Gasteiger partial charge is 0.137 e. The Hall–Kier alpha value is -1.35. The quantitative estimate of drug-likeness (QED) is 0.828. The second-order valence-corrected chi connectivity index (χ2v) is 8.72. The maximum atomic E-state index is 6.71. The number of fused-ring (bicyclic) bond motifs is 1. The number of nitrogens with zero attached hydrogens (tertiary/aromatic N) is 2. The molecule has 1 fully saturated rings. The zero-order valence-corrected chi connectivity index (χ0v) is 15.8. The van der Waals surface area contributed by atoms with Crippen LogP contribution in [-0.2, 0) is 5.41 Å². The highest BCUT2D eigenvalue weighted by molar-refractivity contribution is 5.47. The maximum Gasteiger partial charge on any atom is 0.137 e. The summed E-state index contributed by atoms with van der Waals surface area (Å²) >= 11 is 0. The molecule has 1 aliphatic rings. The third-order valence-corrected chi connectivity index (χ3v) is 5.48. The van der Waals surface area contributed by atoms with Crippen molar-refractivity contribution in [2.75, 3.05) is 0 Å². The molecule has 2 aromatic rings. The molecule has 2 N–H and O–H groups in total. The Balaban J connectivity index is 1.89. The van der Waals surface area contributed by atoms with Crippen LogP contribution in [0.2, 0.25) is 0 Å². The van der Waals surface area contributed by atoms with E-state index in [2.05, 4.69) is 50.4 Å². The van der Waals surface area contributed by atoms with Gasteiger partial charge in [-0.05, 0) is 37.3 Å². The van der Waals surface area contributed by atoms with Crippen molar-refractivity contribution in [3.8, 4) is 0 Å². The summed E-state index contributed by atoms with van der Waals surface area (Å²) in [4.78, 5) is 4.92. The van der Waals surface area contributed by atoms with Crippen LogP contribution < -0.4 is 5.73 Å². The Bertz CT molecular complexity index is 687. The summed E-state index contributed by atoms with van der Waals surface area (Å²) in [6.07, 6.45) is 11.5. The fourth-order valence-corrected chi connectivity index (χ4v) is 4.10. The molecule has 0 aromatic carbocycles. The van der Waals surface area contributed by atoms with Crippen LogP contribution in [0.3, 0.4) is 0 Å². The molecule has 1 atom stereocenters. The van der Waals surface area contributed by atoms with Crippen molar-refractivity contribution in [2.45, 2.75) is 84.1 Å². The number of hydrogen-bond acceptors (Lipinski definition) is 2. The first kappa shape index (κ1) is 17.5. The van der Waals surface area contributed by atoms with Crippen molar-refractivity contribution in [3.63, 3.8) is 0 Å². The second-order valence-electron chi connectivity index (χ2n) is 8.72. The minimum Gasteiger partial charge on any atom is -0.323 e. The van der Waals surface area contributed by atoms with E-state index >= 15 is 0 Å². The molecule has 0 saturated heterocycles. The number of aryl methyl sites for hydroxylation is 1. The van der Waals surface area contributed by atoms with E-state index in [0.717, 1.165) is 23.7 Å². The fourth-order valence-electron chi connectivity index (χ4n) is 4.10. The number of pyridine rings is 1. The number of aromatic nitrogens is 2. The molecule has 1 saturated carbocycles. The SMILES string of the molecule is Cc1ccc2nc(C(C)(C)C)c(C(N)CCC3CCCCC3)n2c1. The van der Waals surface area contributed by atoms with E-state index in [1.54, 1.807) is 0 Å². The highest BCUT2D eigenvalue weighted by Crippen LogP contribution is 2.34. The number of rotatable bonds is 4. The molecular formula is C21H33N3. The van der Waals surface area contributed by atoms with Crippen molar-refractivity contribution < 1.29 is 0 Å². The topological polar surface area (TPSA) is 43.3 Å². The second kappa shape index (κ2) is 6.87.